The number of amides is 2. The molecule has 0 saturated heterocycles. The van der Waals surface area contributed by atoms with Gasteiger partial charge in [-0.3, -0.25) is 9.20 Å². The van der Waals surface area contributed by atoms with E-state index in [2.05, 4.69) is 15.6 Å². The molecule has 4 rings (SSSR count). The lowest BCUT2D eigenvalue weighted by molar-refractivity contribution is 0.262. The fourth-order valence-electron chi connectivity index (χ4n) is 2.85. The lowest BCUT2D eigenvalue weighted by Crippen LogP contribution is -2.19. The zero-order chi connectivity index (χ0) is 20.5. The molecule has 4 aromatic rings. The highest BCUT2D eigenvalue weighted by Crippen LogP contribution is 2.26. The Labute approximate surface area is 167 Å². The fourth-order valence-corrected chi connectivity index (χ4v) is 3.80. The average molecular weight is 412 g/mol. The first-order chi connectivity index (χ1) is 13.9. The number of carbonyl (C=O) groups excluding carboxylic acids is 1. The molecule has 29 heavy (non-hydrogen) atoms. The van der Waals surface area contributed by atoms with Gasteiger partial charge in [0.1, 0.15) is 0 Å². The van der Waals surface area contributed by atoms with Gasteiger partial charge in [-0.05, 0) is 31.2 Å². The summed E-state index contributed by atoms with van der Waals surface area (Å²) in [6.45, 7) is 1.76. The molecule has 0 aliphatic carbocycles. The zero-order valence-electron chi connectivity index (χ0n) is 15.1. The molecule has 2 amide bonds. The number of benzene rings is 2. The molecule has 0 bridgehead atoms. The van der Waals surface area contributed by atoms with Crippen molar-refractivity contribution in [1.82, 2.24) is 9.38 Å². The Balaban J connectivity index is 1.59. The molecule has 146 valence electrons. The van der Waals surface area contributed by atoms with Gasteiger partial charge in [-0.15, -0.1) is 11.3 Å². The summed E-state index contributed by atoms with van der Waals surface area (Å²) in [4.78, 5) is 29.5. The highest BCUT2D eigenvalue weighted by atomic mass is 32.1. The Kier molecular flexibility index (Phi) is 4.81. The second-order valence-corrected chi connectivity index (χ2v) is 7.10. The minimum absolute atomic E-state index is 0.120. The number of nitrogens with zero attached hydrogens (tertiary/aromatic N) is 2. The smallest absolute Gasteiger partial charge is 0.308 e. The number of aromatic nitrogens is 2. The summed E-state index contributed by atoms with van der Waals surface area (Å²) in [6, 6.07) is 10.9. The fraction of sp³-hybridized carbons (Fsp3) is 0.0500. The Morgan fingerprint density at radius 1 is 1.03 bits per heavy atom. The molecule has 0 radical (unpaired) electrons. The summed E-state index contributed by atoms with van der Waals surface area (Å²) in [7, 11) is 0. The molecule has 0 spiro atoms. The van der Waals surface area contributed by atoms with Gasteiger partial charge >= 0.3 is 6.03 Å². The van der Waals surface area contributed by atoms with Crippen molar-refractivity contribution in [2.24, 2.45) is 0 Å². The van der Waals surface area contributed by atoms with E-state index < -0.39 is 17.7 Å². The summed E-state index contributed by atoms with van der Waals surface area (Å²) in [6.07, 6.45) is 0. The number of hydrogen-bond acceptors (Lipinski definition) is 4. The molecule has 2 aromatic heterocycles. The van der Waals surface area contributed by atoms with E-state index in [1.54, 1.807) is 25.1 Å². The van der Waals surface area contributed by atoms with Gasteiger partial charge in [-0.1, -0.05) is 12.1 Å². The van der Waals surface area contributed by atoms with Crippen LogP contribution >= 0.6 is 11.3 Å². The Bertz CT molecular complexity index is 1300. The van der Waals surface area contributed by atoms with Crippen LogP contribution in [-0.2, 0) is 0 Å². The number of aryl methyl sites for hydroxylation is 1. The molecule has 6 nitrogen and oxygen atoms in total. The van der Waals surface area contributed by atoms with Crippen molar-refractivity contribution in [1.29, 1.82) is 0 Å². The summed E-state index contributed by atoms with van der Waals surface area (Å²) in [5.41, 5.74) is 2.43. The van der Waals surface area contributed by atoms with Crippen molar-refractivity contribution in [3.05, 3.63) is 81.6 Å². The van der Waals surface area contributed by atoms with E-state index in [-0.39, 0.29) is 11.2 Å². The first kappa shape index (κ1) is 18.8. The molecular formula is C20H14F2N4O2S. The van der Waals surface area contributed by atoms with Crippen LogP contribution in [0.4, 0.5) is 25.0 Å². The number of thiazole rings is 1. The number of urea groups is 1. The Morgan fingerprint density at radius 3 is 2.55 bits per heavy atom. The largest absolute Gasteiger partial charge is 0.323 e. The predicted octanol–water partition coefficient (Wildman–Crippen LogP) is 4.65. The van der Waals surface area contributed by atoms with Gasteiger partial charge in [0.25, 0.3) is 5.56 Å². The van der Waals surface area contributed by atoms with Crippen LogP contribution < -0.4 is 16.2 Å². The van der Waals surface area contributed by atoms with Crippen molar-refractivity contribution in [3.8, 4) is 11.3 Å². The Hall–Kier alpha value is -3.59. The number of anilines is 2. The SMILES string of the molecule is Cc1cc(=O)n2c(-c3cccc(NC(=O)Nc4ccc(F)c(F)c4)c3)csc2n1. The second kappa shape index (κ2) is 7.44. The standard InChI is InChI=1S/C20H14F2N4O2S/c1-11-7-18(27)26-17(10-29-20(26)23-11)12-3-2-4-13(8-12)24-19(28)25-14-5-6-15(21)16(22)9-14/h2-10H,1H3,(H2,24,25,28). The average Bonchev–Trinajstić information content (AvgIpc) is 3.09. The van der Waals surface area contributed by atoms with Crippen molar-refractivity contribution in [2.75, 3.05) is 10.6 Å². The minimum atomic E-state index is -1.05. The highest BCUT2D eigenvalue weighted by Gasteiger charge is 2.11. The van der Waals surface area contributed by atoms with E-state index in [9.17, 15) is 18.4 Å². The quantitative estimate of drug-likeness (QED) is 0.514. The maximum absolute atomic E-state index is 13.3. The lowest BCUT2D eigenvalue weighted by Gasteiger charge is -2.09. The van der Waals surface area contributed by atoms with Gasteiger partial charge in [-0.2, -0.15) is 0 Å². The van der Waals surface area contributed by atoms with Gasteiger partial charge in [0, 0.05) is 40.1 Å². The monoisotopic (exact) mass is 412 g/mol. The van der Waals surface area contributed by atoms with E-state index in [4.69, 9.17) is 0 Å². The summed E-state index contributed by atoms with van der Waals surface area (Å²) >= 11 is 1.35. The van der Waals surface area contributed by atoms with Crippen molar-refractivity contribution in [3.63, 3.8) is 0 Å². The van der Waals surface area contributed by atoms with Crippen LogP contribution in [0, 0.1) is 18.6 Å². The van der Waals surface area contributed by atoms with E-state index in [1.165, 1.54) is 27.9 Å². The van der Waals surface area contributed by atoms with E-state index in [1.807, 2.05) is 11.4 Å². The van der Waals surface area contributed by atoms with Crippen LogP contribution in [0.25, 0.3) is 16.2 Å². The predicted molar refractivity (Wildman–Crippen MR) is 109 cm³/mol. The molecule has 0 aliphatic rings. The van der Waals surface area contributed by atoms with Crippen LogP contribution in [0.3, 0.4) is 0 Å². The van der Waals surface area contributed by atoms with Gasteiger partial charge in [0.2, 0.25) is 0 Å². The van der Waals surface area contributed by atoms with Crippen LogP contribution in [0.2, 0.25) is 0 Å². The van der Waals surface area contributed by atoms with Crippen LogP contribution in [0.1, 0.15) is 5.69 Å². The topological polar surface area (TPSA) is 75.5 Å². The van der Waals surface area contributed by atoms with Gasteiger partial charge in [0.05, 0.1) is 5.69 Å². The molecule has 2 N–H and O–H groups in total. The molecule has 0 fully saturated rings. The normalized spacial score (nSPS) is 10.9. The number of halogens is 2. The highest BCUT2D eigenvalue weighted by molar-refractivity contribution is 7.15. The van der Waals surface area contributed by atoms with Crippen molar-refractivity contribution >= 4 is 33.7 Å². The van der Waals surface area contributed by atoms with Crippen LogP contribution in [0.15, 0.2) is 58.7 Å². The first-order valence-electron chi connectivity index (χ1n) is 8.52. The third kappa shape index (κ3) is 3.85. The zero-order valence-corrected chi connectivity index (χ0v) is 15.9. The maximum Gasteiger partial charge on any atom is 0.323 e. The molecule has 0 saturated carbocycles. The third-order valence-corrected chi connectivity index (χ3v) is 4.95. The maximum atomic E-state index is 13.3. The second-order valence-electron chi connectivity index (χ2n) is 6.26. The molecule has 0 atom stereocenters. The minimum Gasteiger partial charge on any atom is -0.308 e. The summed E-state index contributed by atoms with van der Waals surface area (Å²) in [5.74, 6) is -2.05. The molecule has 0 aliphatic heterocycles. The summed E-state index contributed by atoms with van der Waals surface area (Å²) in [5, 5.41) is 6.89. The molecule has 2 heterocycles. The third-order valence-electron chi connectivity index (χ3n) is 4.13. The van der Waals surface area contributed by atoms with E-state index in [0.717, 1.165) is 17.7 Å². The number of carbonyl (C=O) groups is 1. The first-order valence-corrected chi connectivity index (χ1v) is 9.40. The number of nitrogens with one attached hydrogen (secondary N) is 2. The lowest BCUT2D eigenvalue weighted by atomic mass is 10.1. The summed E-state index contributed by atoms with van der Waals surface area (Å²) < 4.78 is 27.8. The molecule has 2 aromatic carbocycles. The number of hydrogen-bond donors (Lipinski definition) is 2. The molecular weight excluding hydrogens is 398 g/mol. The van der Waals surface area contributed by atoms with Crippen molar-refractivity contribution < 1.29 is 13.6 Å². The van der Waals surface area contributed by atoms with Gasteiger partial charge in [-0.25, -0.2) is 18.6 Å². The molecule has 0 unspecified atom stereocenters. The van der Waals surface area contributed by atoms with Crippen LogP contribution in [-0.4, -0.2) is 15.4 Å². The van der Waals surface area contributed by atoms with E-state index >= 15 is 0 Å². The Morgan fingerprint density at radius 2 is 1.79 bits per heavy atom. The van der Waals surface area contributed by atoms with Crippen LogP contribution in [0.5, 0.6) is 0 Å². The number of fused-ring (bicyclic) bond motifs is 1. The van der Waals surface area contributed by atoms with Crippen molar-refractivity contribution in [2.45, 2.75) is 6.92 Å². The van der Waals surface area contributed by atoms with E-state index in [0.29, 0.717) is 22.0 Å². The number of rotatable bonds is 3. The van der Waals surface area contributed by atoms with Gasteiger partial charge < -0.3 is 10.6 Å². The van der Waals surface area contributed by atoms with Gasteiger partial charge in [0.15, 0.2) is 16.6 Å². The molecule has 9 heteroatoms.